The van der Waals surface area contributed by atoms with E-state index in [1.54, 1.807) is 12.1 Å². The summed E-state index contributed by atoms with van der Waals surface area (Å²) in [5, 5.41) is 3.19. The summed E-state index contributed by atoms with van der Waals surface area (Å²) < 4.78 is 27.5. The first-order valence-corrected chi connectivity index (χ1v) is 13.1. The van der Waals surface area contributed by atoms with E-state index in [1.807, 2.05) is 23.1 Å². The number of nitrogens with one attached hydrogen (secondary N) is 1. The van der Waals surface area contributed by atoms with Crippen LogP contribution in [0.3, 0.4) is 0 Å². The number of benzene rings is 2. The second kappa shape index (κ2) is 10.1. The van der Waals surface area contributed by atoms with Gasteiger partial charge in [-0.3, -0.25) is 9.69 Å². The number of nitrogens with zero attached hydrogens (tertiary/aromatic N) is 2. The summed E-state index contributed by atoms with van der Waals surface area (Å²) in [6.07, 6.45) is 5.10. The molecule has 2 aromatic rings. The van der Waals surface area contributed by atoms with Gasteiger partial charge < -0.3 is 5.32 Å². The maximum absolute atomic E-state index is 13.0. The van der Waals surface area contributed by atoms with Crippen molar-refractivity contribution >= 4 is 15.9 Å². The predicted molar refractivity (Wildman–Crippen MR) is 126 cm³/mol. The van der Waals surface area contributed by atoms with Gasteiger partial charge in [0, 0.05) is 26.2 Å². The van der Waals surface area contributed by atoms with Crippen LogP contribution >= 0.6 is 0 Å². The second-order valence-electron chi connectivity index (χ2n) is 8.79. The third-order valence-electron chi connectivity index (χ3n) is 6.50. The lowest BCUT2D eigenvalue weighted by atomic mass is 9.88. The summed E-state index contributed by atoms with van der Waals surface area (Å²) in [6, 6.07) is 15.6. The Balaban J connectivity index is 1.30. The first-order chi connectivity index (χ1) is 15.5. The molecule has 1 aliphatic heterocycles. The van der Waals surface area contributed by atoms with E-state index in [2.05, 4.69) is 30.4 Å². The number of amides is 1. The van der Waals surface area contributed by atoms with E-state index in [1.165, 1.54) is 15.4 Å². The van der Waals surface area contributed by atoms with Gasteiger partial charge in [0.05, 0.1) is 17.5 Å². The molecule has 1 atom stereocenters. The number of carbonyl (C=O) groups is 1. The number of hydrogen-bond acceptors (Lipinski definition) is 4. The Morgan fingerprint density at radius 3 is 2.47 bits per heavy atom. The molecule has 0 radical (unpaired) electrons. The fraction of sp³-hybridized carbons (Fsp3) is 0.480. The van der Waals surface area contributed by atoms with Crippen LogP contribution in [-0.2, 0) is 27.7 Å². The zero-order valence-electron chi connectivity index (χ0n) is 18.8. The largest absolute Gasteiger partial charge is 0.348 e. The highest BCUT2D eigenvalue weighted by Crippen LogP contribution is 2.29. The molecule has 172 valence electrons. The monoisotopic (exact) mass is 455 g/mol. The summed E-state index contributed by atoms with van der Waals surface area (Å²) in [4.78, 5) is 15.1. The number of piperazine rings is 1. The zero-order valence-corrected chi connectivity index (χ0v) is 19.6. The quantitative estimate of drug-likeness (QED) is 0.696. The van der Waals surface area contributed by atoms with Gasteiger partial charge in [0.1, 0.15) is 0 Å². The Hall–Kier alpha value is -2.22. The number of rotatable bonds is 7. The van der Waals surface area contributed by atoms with Gasteiger partial charge in [0.2, 0.25) is 15.9 Å². The van der Waals surface area contributed by atoms with E-state index in [9.17, 15) is 13.2 Å². The zero-order chi connectivity index (χ0) is 22.6. The van der Waals surface area contributed by atoms with Gasteiger partial charge in [-0.25, -0.2) is 8.42 Å². The van der Waals surface area contributed by atoms with Crippen LogP contribution in [0, 0.1) is 0 Å². The summed E-state index contributed by atoms with van der Waals surface area (Å²) in [5.74, 6) is 0.00882. The normalized spacial score (nSPS) is 20.0. The summed E-state index contributed by atoms with van der Waals surface area (Å²) in [7, 11) is -3.50. The maximum Gasteiger partial charge on any atom is 0.243 e. The third-order valence-corrected chi connectivity index (χ3v) is 8.42. The van der Waals surface area contributed by atoms with E-state index in [-0.39, 0.29) is 11.9 Å². The van der Waals surface area contributed by atoms with Crippen LogP contribution in [0.4, 0.5) is 0 Å². The van der Waals surface area contributed by atoms with Gasteiger partial charge in [-0.1, -0.05) is 49.7 Å². The number of sulfonamides is 1. The fourth-order valence-corrected chi connectivity index (χ4v) is 6.16. The molecule has 1 amide bonds. The van der Waals surface area contributed by atoms with Gasteiger partial charge in [0.15, 0.2) is 0 Å². The van der Waals surface area contributed by atoms with Crippen molar-refractivity contribution < 1.29 is 13.2 Å². The van der Waals surface area contributed by atoms with Crippen LogP contribution < -0.4 is 5.32 Å². The van der Waals surface area contributed by atoms with Crippen molar-refractivity contribution in [1.29, 1.82) is 0 Å². The molecule has 0 saturated carbocycles. The minimum atomic E-state index is -3.50. The van der Waals surface area contributed by atoms with Crippen molar-refractivity contribution in [2.24, 2.45) is 0 Å². The summed E-state index contributed by atoms with van der Waals surface area (Å²) in [5.41, 5.74) is 3.71. The van der Waals surface area contributed by atoms with Crippen LogP contribution in [0.15, 0.2) is 53.4 Å². The molecule has 1 saturated heterocycles. The Kier molecular flexibility index (Phi) is 7.28. The predicted octanol–water partition coefficient (Wildman–Crippen LogP) is 3.14. The van der Waals surface area contributed by atoms with Gasteiger partial charge in [-0.15, -0.1) is 0 Å². The molecule has 4 rings (SSSR count). The Labute approximate surface area is 191 Å². The highest BCUT2D eigenvalue weighted by Gasteiger charge is 2.29. The van der Waals surface area contributed by atoms with E-state index in [0.717, 1.165) is 37.7 Å². The van der Waals surface area contributed by atoms with Crippen LogP contribution in [0.2, 0.25) is 0 Å². The van der Waals surface area contributed by atoms with Crippen LogP contribution in [0.1, 0.15) is 48.9 Å². The van der Waals surface area contributed by atoms with Gasteiger partial charge in [0.25, 0.3) is 0 Å². The van der Waals surface area contributed by atoms with E-state index in [4.69, 9.17) is 0 Å². The van der Waals surface area contributed by atoms with Crippen molar-refractivity contribution in [3.63, 3.8) is 0 Å². The van der Waals surface area contributed by atoms with Crippen molar-refractivity contribution in [2.45, 2.75) is 50.0 Å². The molecule has 6 nitrogen and oxygen atoms in total. The van der Waals surface area contributed by atoms with Crippen LogP contribution in [-0.4, -0.2) is 56.3 Å². The lowest BCUT2D eigenvalue weighted by Gasteiger charge is -2.34. The van der Waals surface area contributed by atoms with Crippen molar-refractivity contribution in [3.8, 4) is 0 Å². The molecule has 0 aromatic heterocycles. The molecule has 0 bridgehead atoms. The lowest BCUT2D eigenvalue weighted by Crippen LogP contribution is -2.51. The van der Waals surface area contributed by atoms with Crippen molar-refractivity contribution in [2.75, 3.05) is 32.7 Å². The molecule has 1 heterocycles. The molecule has 1 unspecified atom stereocenters. The van der Waals surface area contributed by atoms with Crippen LogP contribution in [0.5, 0.6) is 0 Å². The Bertz CT molecular complexity index is 1030. The molecule has 1 N–H and O–H groups in total. The summed E-state index contributed by atoms with van der Waals surface area (Å²) in [6.45, 7) is 4.33. The smallest absolute Gasteiger partial charge is 0.243 e. The van der Waals surface area contributed by atoms with E-state index >= 15 is 0 Å². The maximum atomic E-state index is 13.0. The third kappa shape index (κ3) is 5.22. The van der Waals surface area contributed by atoms with Gasteiger partial charge >= 0.3 is 0 Å². The molecular formula is C25H33N3O3S. The lowest BCUT2D eigenvalue weighted by molar-refractivity contribution is -0.123. The highest BCUT2D eigenvalue weighted by molar-refractivity contribution is 7.89. The van der Waals surface area contributed by atoms with Gasteiger partial charge in [-0.2, -0.15) is 4.31 Å². The minimum absolute atomic E-state index is 0.00882. The number of fused-ring (bicyclic) bond motifs is 1. The topological polar surface area (TPSA) is 69.7 Å². The number of hydrogen-bond donors (Lipinski definition) is 1. The molecule has 2 aromatic carbocycles. The highest BCUT2D eigenvalue weighted by atomic mass is 32.2. The molecule has 2 aliphatic rings. The molecule has 1 aliphatic carbocycles. The van der Waals surface area contributed by atoms with Crippen molar-refractivity contribution in [1.82, 2.24) is 14.5 Å². The van der Waals surface area contributed by atoms with Crippen LogP contribution in [0.25, 0.3) is 0 Å². The average Bonchev–Trinajstić information content (AvgIpc) is 2.80. The second-order valence-corrected chi connectivity index (χ2v) is 10.7. The molecule has 1 fully saturated rings. The molecule has 32 heavy (non-hydrogen) atoms. The molecule has 0 spiro atoms. The summed E-state index contributed by atoms with van der Waals surface area (Å²) >= 11 is 0. The van der Waals surface area contributed by atoms with E-state index < -0.39 is 10.0 Å². The fourth-order valence-electron chi connectivity index (χ4n) is 4.74. The van der Waals surface area contributed by atoms with Crippen molar-refractivity contribution in [3.05, 3.63) is 65.2 Å². The first-order valence-electron chi connectivity index (χ1n) is 11.7. The SMILES string of the molecule is CCCc1ccc(S(=O)(=O)N2CCN(CC(=O)NC3CCCc4ccccc43)CC2)cc1. The van der Waals surface area contributed by atoms with E-state index in [0.29, 0.717) is 37.6 Å². The average molecular weight is 456 g/mol. The molecule has 7 heteroatoms. The first kappa shape index (κ1) is 23.0. The number of carbonyl (C=O) groups excluding carboxylic acids is 1. The number of aryl methyl sites for hydroxylation is 2. The Morgan fingerprint density at radius 2 is 1.75 bits per heavy atom. The standard InChI is InChI=1S/C25H33N3O3S/c1-2-6-20-11-13-22(14-12-20)32(30,31)28-17-15-27(16-18-28)19-25(29)26-24-10-5-8-21-7-3-4-9-23(21)24/h3-4,7,9,11-14,24H,2,5-6,8,10,15-19H2,1H3,(H,26,29). The Morgan fingerprint density at radius 1 is 1.03 bits per heavy atom. The molecular weight excluding hydrogens is 422 g/mol. The van der Waals surface area contributed by atoms with Gasteiger partial charge in [-0.05, 0) is 54.5 Å². The minimum Gasteiger partial charge on any atom is -0.348 e.